The molecule has 0 unspecified atom stereocenters. The maximum Gasteiger partial charge on any atom is 0.206 e. The van der Waals surface area contributed by atoms with Gasteiger partial charge in [-0.05, 0) is 12.1 Å². The van der Waals surface area contributed by atoms with E-state index in [0.29, 0.717) is 0 Å². The van der Waals surface area contributed by atoms with Gasteiger partial charge in [0.15, 0.2) is 11.6 Å². The molecule has 0 bridgehead atoms. The molecule has 2 aromatic carbocycles. The van der Waals surface area contributed by atoms with Gasteiger partial charge in [-0.25, -0.2) is 0 Å². The molecule has 0 saturated carbocycles. The molecule has 0 spiro atoms. The van der Waals surface area contributed by atoms with Gasteiger partial charge in [0.2, 0.25) is 11.6 Å². The van der Waals surface area contributed by atoms with E-state index in [4.69, 9.17) is 23.2 Å². The summed E-state index contributed by atoms with van der Waals surface area (Å²) in [6, 6.07) is 9.98. The third kappa shape index (κ3) is 2.32. The summed E-state index contributed by atoms with van der Waals surface area (Å²) in [5.41, 5.74) is -1.11. The van der Waals surface area contributed by atoms with Crippen LogP contribution in [-0.2, 0) is 0 Å². The second-order valence-electron chi connectivity index (χ2n) is 5.94. The van der Waals surface area contributed by atoms with Crippen LogP contribution in [0.5, 0.6) is 5.75 Å². The summed E-state index contributed by atoms with van der Waals surface area (Å²) in [4.78, 5) is 51.1. The number of phenolic OH excluding ortho intramolecular Hbond substituents is 1. The number of rotatable bonds is 1. The first-order valence-corrected chi connectivity index (χ1v) is 8.50. The largest absolute Gasteiger partial charge is 0.507 e. The van der Waals surface area contributed by atoms with Crippen LogP contribution in [0.3, 0.4) is 0 Å². The first kappa shape index (κ1) is 17.4. The fourth-order valence-electron chi connectivity index (χ4n) is 3.22. The number of ketones is 4. The minimum Gasteiger partial charge on any atom is -0.507 e. The smallest absolute Gasteiger partial charge is 0.206 e. The summed E-state index contributed by atoms with van der Waals surface area (Å²) in [6.45, 7) is 0. The number of hydrogen-bond acceptors (Lipinski definition) is 5. The summed E-state index contributed by atoms with van der Waals surface area (Å²) < 4.78 is 0. The molecule has 0 atom stereocenters. The molecule has 0 heterocycles. The maximum atomic E-state index is 13.0. The van der Waals surface area contributed by atoms with Gasteiger partial charge in [-0.3, -0.25) is 19.2 Å². The molecule has 2 aliphatic rings. The van der Waals surface area contributed by atoms with Crippen molar-refractivity contribution >= 4 is 46.3 Å². The van der Waals surface area contributed by atoms with Gasteiger partial charge in [0.25, 0.3) is 0 Å². The number of benzene rings is 2. The van der Waals surface area contributed by atoms with Gasteiger partial charge in [0.05, 0.1) is 16.7 Å². The van der Waals surface area contributed by atoms with Gasteiger partial charge in [-0.2, -0.15) is 0 Å². The number of hydrogen-bond donors (Lipinski definition) is 1. The van der Waals surface area contributed by atoms with Gasteiger partial charge in [-0.15, -0.1) is 0 Å². The molecule has 7 heteroatoms. The van der Waals surface area contributed by atoms with Crippen LogP contribution < -0.4 is 0 Å². The van der Waals surface area contributed by atoms with E-state index >= 15 is 0 Å². The van der Waals surface area contributed by atoms with E-state index in [0.717, 1.165) is 0 Å². The van der Waals surface area contributed by atoms with E-state index < -0.39 is 50.1 Å². The second-order valence-corrected chi connectivity index (χ2v) is 6.70. The summed E-state index contributed by atoms with van der Waals surface area (Å²) in [6.07, 6.45) is 0. The van der Waals surface area contributed by atoms with E-state index in [1.54, 1.807) is 12.1 Å². The molecule has 1 N–H and O–H groups in total. The van der Waals surface area contributed by atoms with Crippen molar-refractivity contribution in [3.63, 3.8) is 0 Å². The van der Waals surface area contributed by atoms with Crippen LogP contribution in [0.4, 0.5) is 0 Å². The van der Waals surface area contributed by atoms with E-state index in [2.05, 4.69) is 0 Å². The molecule has 4 rings (SSSR count). The summed E-state index contributed by atoms with van der Waals surface area (Å²) in [5.74, 6) is -3.36. The van der Waals surface area contributed by atoms with Crippen LogP contribution in [0.15, 0.2) is 63.7 Å². The van der Waals surface area contributed by atoms with Crippen molar-refractivity contribution in [2.45, 2.75) is 0 Å². The summed E-state index contributed by atoms with van der Waals surface area (Å²) in [5, 5.41) is 9.03. The Kier molecular flexibility index (Phi) is 3.87. The highest BCUT2D eigenvalue weighted by molar-refractivity contribution is 6.55. The minimum atomic E-state index is -0.846. The first-order valence-electron chi connectivity index (χ1n) is 7.74. The van der Waals surface area contributed by atoms with Crippen molar-refractivity contribution in [3.8, 4) is 5.75 Å². The Hall–Kier alpha value is -3.02. The molecule has 2 aliphatic carbocycles. The number of carbonyl (C=O) groups excluding carboxylic acids is 4. The van der Waals surface area contributed by atoms with Gasteiger partial charge in [0, 0.05) is 16.7 Å². The molecule has 27 heavy (non-hydrogen) atoms. The zero-order chi connectivity index (χ0) is 19.5. The van der Waals surface area contributed by atoms with Gasteiger partial charge < -0.3 is 5.11 Å². The molecule has 0 amide bonds. The summed E-state index contributed by atoms with van der Waals surface area (Å²) in [7, 11) is 0. The topological polar surface area (TPSA) is 88.5 Å². The third-order valence-corrected chi connectivity index (χ3v) is 5.19. The third-order valence-electron chi connectivity index (χ3n) is 4.47. The predicted octanol–water partition coefficient (Wildman–Crippen LogP) is 3.84. The van der Waals surface area contributed by atoms with E-state index in [1.165, 1.54) is 30.3 Å². The predicted molar refractivity (Wildman–Crippen MR) is 97.6 cm³/mol. The SMILES string of the molecule is O=C1C(Cl)=C(C2=C(Cl)C(=O)c3cccc(O)c3C2=O)C(=O)c2ccccc21. The zero-order valence-corrected chi connectivity index (χ0v) is 14.9. The van der Waals surface area contributed by atoms with Crippen molar-refractivity contribution in [3.05, 3.63) is 85.9 Å². The fourth-order valence-corrected chi connectivity index (χ4v) is 3.78. The Morgan fingerprint density at radius 1 is 0.593 bits per heavy atom. The Morgan fingerprint density at radius 2 is 1.07 bits per heavy atom. The highest BCUT2D eigenvalue weighted by Gasteiger charge is 2.41. The number of Topliss-reactive ketones (excluding diaryl/α,β-unsaturated/α-hetero) is 4. The lowest BCUT2D eigenvalue weighted by molar-refractivity contribution is 0.0957. The number of carbonyl (C=O) groups is 4. The lowest BCUT2D eigenvalue weighted by Gasteiger charge is -2.23. The van der Waals surface area contributed by atoms with E-state index in [1.807, 2.05) is 0 Å². The number of allylic oxidation sites excluding steroid dienone is 4. The van der Waals surface area contributed by atoms with Crippen LogP contribution >= 0.6 is 23.2 Å². The monoisotopic (exact) mass is 398 g/mol. The zero-order valence-electron chi connectivity index (χ0n) is 13.4. The van der Waals surface area contributed by atoms with Crippen LogP contribution in [0.2, 0.25) is 0 Å². The number of fused-ring (bicyclic) bond motifs is 2. The second kappa shape index (κ2) is 6.01. The molecule has 0 aliphatic heterocycles. The van der Waals surface area contributed by atoms with Crippen molar-refractivity contribution in [2.24, 2.45) is 0 Å². The average Bonchev–Trinajstić information content (AvgIpc) is 2.67. The van der Waals surface area contributed by atoms with Crippen LogP contribution in [-0.4, -0.2) is 28.2 Å². The highest BCUT2D eigenvalue weighted by atomic mass is 35.5. The Bertz CT molecular complexity index is 1170. The Balaban J connectivity index is 2.00. The molecule has 0 aromatic heterocycles. The quantitative estimate of drug-likeness (QED) is 0.788. The Labute approximate surface area is 162 Å². The highest BCUT2D eigenvalue weighted by Crippen LogP contribution is 2.41. The van der Waals surface area contributed by atoms with Crippen molar-refractivity contribution < 1.29 is 24.3 Å². The molecule has 2 aromatic rings. The normalized spacial score (nSPS) is 16.7. The molecule has 5 nitrogen and oxygen atoms in total. The van der Waals surface area contributed by atoms with Gasteiger partial charge in [0.1, 0.15) is 15.8 Å². The van der Waals surface area contributed by atoms with E-state index in [9.17, 15) is 24.3 Å². The molecule has 0 fully saturated rings. The van der Waals surface area contributed by atoms with Crippen molar-refractivity contribution in [1.82, 2.24) is 0 Å². The van der Waals surface area contributed by atoms with Gasteiger partial charge in [-0.1, -0.05) is 53.5 Å². The maximum absolute atomic E-state index is 13.0. The van der Waals surface area contributed by atoms with Crippen LogP contribution in [0, 0.1) is 0 Å². The molecule has 132 valence electrons. The fraction of sp³-hybridized carbons (Fsp3) is 0. The first-order chi connectivity index (χ1) is 12.8. The standard InChI is InChI=1S/C20H8Cl2O5/c21-15-13(17(24)8-4-1-2-5-9(8)18(15)25)14-16(22)19(26)10-6-3-7-11(23)12(10)20(14)27/h1-7,23H. The molecule has 0 saturated heterocycles. The molecular formula is C20H8Cl2O5. The molecular weight excluding hydrogens is 391 g/mol. The van der Waals surface area contributed by atoms with Crippen molar-refractivity contribution in [2.75, 3.05) is 0 Å². The Morgan fingerprint density at radius 3 is 1.70 bits per heavy atom. The number of aromatic hydroxyl groups is 1. The van der Waals surface area contributed by atoms with Crippen LogP contribution in [0.1, 0.15) is 41.4 Å². The lowest BCUT2D eigenvalue weighted by atomic mass is 9.79. The van der Waals surface area contributed by atoms with Crippen molar-refractivity contribution in [1.29, 1.82) is 0 Å². The summed E-state index contributed by atoms with van der Waals surface area (Å²) >= 11 is 12.2. The minimum absolute atomic E-state index is 0.0576. The van der Waals surface area contributed by atoms with Gasteiger partial charge >= 0.3 is 0 Å². The van der Waals surface area contributed by atoms with E-state index in [-0.39, 0.29) is 22.3 Å². The lowest BCUT2D eigenvalue weighted by Crippen LogP contribution is -2.28. The molecule has 0 radical (unpaired) electrons. The average molecular weight is 399 g/mol. The number of halogens is 2. The van der Waals surface area contributed by atoms with Crippen LogP contribution in [0.25, 0.3) is 0 Å². The number of phenols is 1.